The van der Waals surface area contributed by atoms with Crippen molar-refractivity contribution in [3.8, 4) is 11.5 Å². The normalized spacial score (nSPS) is 11.7. The molecule has 0 aliphatic carbocycles. The number of carbonyl (C=O) groups excluding carboxylic acids is 1. The lowest BCUT2D eigenvalue weighted by Crippen LogP contribution is -2.44. The molecule has 1 atom stereocenters. The van der Waals surface area contributed by atoms with E-state index in [1.165, 1.54) is 0 Å². The number of ether oxygens (including phenoxy) is 2. The summed E-state index contributed by atoms with van der Waals surface area (Å²) in [7, 11) is 1.64. The third-order valence-corrected chi connectivity index (χ3v) is 4.94. The van der Waals surface area contributed by atoms with E-state index in [9.17, 15) is 4.79 Å². The Morgan fingerprint density at radius 2 is 1.96 bits per heavy atom. The minimum absolute atomic E-state index is 0.0501. The van der Waals surface area contributed by atoms with Crippen molar-refractivity contribution in [3.05, 3.63) is 40.3 Å². The number of urea groups is 1. The van der Waals surface area contributed by atoms with Crippen LogP contribution in [0.5, 0.6) is 11.5 Å². The molecule has 0 bridgehead atoms. The van der Waals surface area contributed by atoms with Crippen molar-refractivity contribution in [2.24, 2.45) is 0 Å². The van der Waals surface area contributed by atoms with Crippen molar-refractivity contribution >= 4 is 17.4 Å². The van der Waals surface area contributed by atoms with Crippen LogP contribution in [0.15, 0.2) is 29.6 Å². The Morgan fingerprint density at radius 1 is 1.27 bits per heavy atom. The highest BCUT2D eigenvalue weighted by atomic mass is 32.1. The van der Waals surface area contributed by atoms with E-state index in [-0.39, 0.29) is 12.1 Å². The van der Waals surface area contributed by atoms with Crippen LogP contribution in [0.1, 0.15) is 37.9 Å². The summed E-state index contributed by atoms with van der Waals surface area (Å²) in [6.07, 6.45) is 0.898. The number of amides is 2. The van der Waals surface area contributed by atoms with Gasteiger partial charge in [-0.1, -0.05) is 6.92 Å². The number of thiazole rings is 1. The number of benzene rings is 1. The summed E-state index contributed by atoms with van der Waals surface area (Å²) in [5, 5.41) is 5.74. The van der Waals surface area contributed by atoms with Crippen molar-refractivity contribution in [3.63, 3.8) is 0 Å². The predicted octanol–water partition coefficient (Wildman–Crippen LogP) is 4.06. The van der Waals surface area contributed by atoms with Gasteiger partial charge in [0, 0.05) is 18.0 Å². The lowest BCUT2D eigenvalue weighted by Gasteiger charge is -2.27. The van der Waals surface area contributed by atoms with Gasteiger partial charge in [-0.15, -0.1) is 11.3 Å². The zero-order valence-electron chi connectivity index (χ0n) is 15.8. The first-order valence-electron chi connectivity index (χ1n) is 8.81. The number of rotatable bonds is 9. The minimum Gasteiger partial charge on any atom is -0.497 e. The highest BCUT2D eigenvalue weighted by Gasteiger charge is 2.19. The zero-order valence-corrected chi connectivity index (χ0v) is 16.6. The molecule has 0 saturated carbocycles. The molecular weight excluding hydrogens is 350 g/mol. The lowest BCUT2D eigenvalue weighted by molar-refractivity contribution is 0.173. The molecule has 1 heterocycles. The molecule has 1 unspecified atom stereocenters. The van der Waals surface area contributed by atoms with E-state index in [0.29, 0.717) is 19.7 Å². The molecule has 2 amide bonds. The highest BCUT2D eigenvalue weighted by molar-refractivity contribution is 7.09. The Balaban J connectivity index is 1.95. The molecule has 0 fully saturated rings. The molecule has 6 nitrogen and oxygen atoms in total. The largest absolute Gasteiger partial charge is 0.497 e. The first-order chi connectivity index (χ1) is 12.6. The SMILES string of the molecule is CCNC(=O)N(Cc1csc(COc2ccc(OC)cc2)n1)C(C)CC. The fourth-order valence-corrected chi connectivity index (χ4v) is 3.08. The molecule has 142 valence electrons. The van der Waals surface area contributed by atoms with Crippen LogP contribution in [-0.2, 0) is 13.2 Å². The van der Waals surface area contributed by atoms with Gasteiger partial charge in [-0.25, -0.2) is 9.78 Å². The molecular formula is C19H27N3O3S. The van der Waals surface area contributed by atoms with Crippen LogP contribution in [0.3, 0.4) is 0 Å². The van der Waals surface area contributed by atoms with Crippen molar-refractivity contribution in [2.45, 2.75) is 46.4 Å². The third-order valence-electron chi connectivity index (χ3n) is 4.07. The Kier molecular flexibility index (Phi) is 7.72. The summed E-state index contributed by atoms with van der Waals surface area (Å²) in [6.45, 7) is 7.57. The highest BCUT2D eigenvalue weighted by Crippen LogP contribution is 2.20. The van der Waals surface area contributed by atoms with Gasteiger partial charge in [-0.05, 0) is 44.5 Å². The molecule has 2 aromatic rings. The zero-order chi connectivity index (χ0) is 18.9. The van der Waals surface area contributed by atoms with Crippen LogP contribution in [0.2, 0.25) is 0 Å². The molecule has 0 radical (unpaired) electrons. The lowest BCUT2D eigenvalue weighted by atomic mass is 10.2. The van der Waals surface area contributed by atoms with E-state index in [4.69, 9.17) is 9.47 Å². The van der Waals surface area contributed by atoms with E-state index in [0.717, 1.165) is 28.6 Å². The maximum absolute atomic E-state index is 12.3. The van der Waals surface area contributed by atoms with Gasteiger partial charge in [0.1, 0.15) is 23.1 Å². The van der Waals surface area contributed by atoms with Gasteiger partial charge in [0.15, 0.2) is 0 Å². The molecule has 1 aromatic heterocycles. The van der Waals surface area contributed by atoms with E-state index in [1.807, 2.05) is 41.5 Å². The second-order valence-electron chi connectivity index (χ2n) is 5.92. The summed E-state index contributed by atoms with van der Waals surface area (Å²) in [4.78, 5) is 18.7. The maximum Gasteiger partial charge on any atom is 0.317 e. The smallest absolute Gasteiger partial charge is 0.317 e. The van der Waals surface area contributed by atoms with Crippen molar-refractivity contribution < 1.29 is 14.3 Å². The van der Waals surface area contributed by atoms with Crippen LogP contribution in [-0.4, -0.2) is 35.6 Å². The fourth-order valence-electron chi connectivity index (χ4n) is 2.38. The number of methoxy groups -OCH3 is 1. The second kappa shape index (κ2) is 10.0. The van der Waals surface area contributed by atoms with Crippen molar-refractivity contribution in [2.75, 3.05) is 13.7 Å². The quantitative estimate of drug-likeness (QED) is 0.716. The number of nitrogens with zero attached hydrogens (tertiary/aromatic N) is 2. The van der Waals surface area contributed by atoms with E-state index >= 15 is 0 Å². The number of carbonyl (C=O) groups is 1. The summed E-state index contributed by atoms with van der Waals surface area (Å²) in [5.74, 6) is 1.57. The summed E-state index contributed by atoms with van der Waals surface area (Å²) in [5.41, 5.74) is 0.884. The first kappa shape index (κ1) is 20.0. The van der Waals surface area contributed by atoms with Crippen LogP contribution in [0, 0.1) is 0 Å². The molecule has 1 aromatic carbocycles. The van der Waals surface area contributed by atoms with Crippen molar-refractivity contribution in [1.29, 1.82) is 0 Å². The topological polar surface area (TPSA) is 63.7 Å². The van der Waals surface area contributed by atoms with Gasteiger partial charge in [0.05, 0.1) is 19.3 Å². The van der Waals surface area contributed by atoms with Gasteiger partial charge < -0.3 is 19.7 Å². The standard InChI is InChI=1S/C19H27N3O3S/c1-5-14(3)22(19(23)20-6-2)11-15-13-26-18(21-15)12-25-17-9-7-16(24-4)8-10-17/h7-10,13-14H,5-6,11-12H2,1-4H3,(H,20,23). The Labute approximate surface area is 159 Å². The van der Waals surface area contributed by atoms with Crippen LogP contribution >= 0.6 is 11.3 Å². The number of hydrogen-bond donors (Lipinski definition) is 1. The number of nitrogens with one attached hydrogen (secondary N) is 1. The van der Waals surface area contributed by atoms with E-state index in [2.05, 4.69) is 24.1 Å². The van der Waals surface area contributed by atoms with Gasteiger partial charge in [-0.3, -0.25) is 0 Å². The van der Waals surface area contributed by atoms with Crippen LogP contribution in [0.25, 0.3) is 0 Å². The molecule has 0 saturated heterocycles. The molecule has 2 rings (SSSR count). The van der Waals surface area contributed by atoms with E-state index < -0.39 is 0 Å². The number of hydrogen-bond acceptors (Lipinski definition) is 5. The van der Waals surface area contributed by atoms with Crippen molar-refractivity contribution in [1.82, 2.24) is 15.2 Å². The molecule has 1 N–H and O–H groups in total. The first-order valence-corrected chi connectivity index (χ1v) is 9.69. The maximum atomic E-state index is 12.3. The summed E-state index contributed by atoms with van der Waals surface area (Å²) < 4.78 is 10.9. The second-order valence-corrected chi connectivity index (χ2v) is 6.86. The summed E-state index contributed by atoms with van der Waals surface area (Å²) in [6, 6.07) is 7.56. The third kappa shape index (κ3) is 5.62. The summed E-state index contributed by atoms with van der Waals surface area (Å²) >= 11 is 1.54. The Hall–Kier alpha value is -2.28. The Bertz CT molecular complexity index is 688. The monoisotopic (exact) mass is 377 g/mol. The Morgan fingerprint density at radius 3 is 2.58 bits per heavy atom. The van der Waals surface area contributed by atoms with Gasteiger partial charge in [-0.2, -0.15) is 0 Å². The average Bonchev–Trinajstić information content (AvgIpc) is 3.12. The molecule has 7 heteroatoms. The molecule has 0 aliphatic rings. The predicted molar refractivity (Wildman–Crippen MR) is 104 cm³/mol. The van der Waals surface area contributed by atoms with Gasteiger partial charge in [0.25, 0.3) is 0 Å². The molecule has 26 heavy (non-hydrogen) atoms. The molecule has 0 spiro atoms. The van der Waals surface area contributed by atoms with Gasteiger partial charge in [0.2, 0.25) is 0 Å². The molecule has 0 aliphatic heterocycles. The van der Waals surface area contributed by atoms with Gasteiger partial charge >= 0.3 is 6.03 Å². The average molecular weight is 378 g/mol. The van der Waals surface area contributed by atoms with E-state index in [1.54, 1.807) is 18.4 Å². The van der Waals surface area contributed by atoms with Crippen LogP contribution < -0.4 is 14.8 Å². The minimum atomic E-state index is -0.0501. The fraction of sp³-hybridized carbons (Fsp3) is 0.474. The number of aromatic nitrogens is 1. The van der Waals surface area contributed by atoms with Crippen LogP contribution in [0.4, 0.5) is 4.79 Å².